The molecule has 2 aliphatic rings. The lowest BCUT2D eigenvalue weighted by atomic mass is 9.67. The maximum atomic E-state index is 4.77. The molecule has 0 spiro atoms. The molecule has 0 N–H and O–H groups in total. The van der Waals surface area contributed by atoms with Crippen molar-refractivity contribution in [2.24, 2.45) is 0 Å². The molecule has 2 heteroatoms. The standard InChI is InChI=1S/C23H24N2/c1-7-15-19(8-2)25-20-16(22(15,3)4)11-9-12-17(20)23(5,6)18-13-10-14-24-21(18)25/h7-14H,1-2H2,3-6H3. The van der Waals surface area contributed by atoms with E-state index in [1.54, 1.807) is 0 Å². The molecule has 2 nitrogen and oxygen atoms in total. The van der Waals surface area contributed by atoms with Gasteiger partial charge in [-0.3, -0.25) is 4.90 Å². The van der Waals surface area contributed by atoms with Gasteiger partial charge in [0.25, 0.3) is 0 Å². The predicted octanol–water partition coefficient (Wildman–Crippen LogP) is 5.78. The van der Waals surface area contributed by atoms with Gasteiger partial charge >= 0.3 is 0 Å². The zero-order valence-electron chi connectivity index (χ0n) is 15.4. The van der Waals surface area contributed by atoms with Crippen molar-refractivity contribution in [1.29, 1.82) is 0 Å². The molecule has 2 aromatic rings. The molecule has 0 saturated heterocycles. The number of para-hydroxylation sites is 1. The molecule has 2 aliphatic heterocycles. The summed E-state index contributed by atoms with van der Waals surface area (Å²) in [4.78, 5) is 7.04. The van der Waals surface area contributed by atoms with E-state index in [4.69, 9.17) is 4.98 Å². The molecule has 0 radical (unpaired) electrons. The van der Waals surface area contributed by atoms with E-state index in [2.05, 4.69) is 70.0 Å². The smallest absolute Gasteiger partial charge is 0.141 e. The third-order valence-electron chi connectivity index (χ3n) is 5.87. The highest BCUT2D eigenvalue weighted by Crippen LogP contribution is 2.57. The van der Waals surface area contributed by atoms with Crippen LogP contribution in [0.3, 0.4) is 0 Å². The largest absolute Gasteiger partial charge is 0.294 e. The highest BCUT2D eigenvalue weighted by Gasteiger charge is 2.45. The van der Waals surface area contributed by atoms with Gasteiger partial charge in [0.05, 0.1) is 11.4 Å². The summed E-state index contributed by atoms with van der Waals surface area (Å²) in [5, 5.41) is 0. The summed E-state index contributed by atoms with van der Waals surface area (Å²) in [5.41, 5.74) is 7.18. The van der Waals surface area contributed by atoms with Crippen LogP contribution in [0.5, 0.6) is 0 Å². The van der Waals surface area contributed by atoms with Gasteiger partial charge in [0.15, 0.2) is 0 Å². The molecule has 0 amide bonds. The number of hydrogen-bond acceptors (Lipinski definition) is 2. The van der Waals surface area contributed by atoms with Gasteiger partial charge in [0.1, 0.15) is 5.82 Å². The summed E-state index contributed by atoms with van der Waals surface area (Å²) < 4.78 is 0. The summed E-state index contributed by atoms with van der Waals surface area (Å²) in [5.74, 6) is 0.997. The fraction of sp³-hybridized carbons (Fsp3) is 0.261. The van der Waals surface area contributed by atoms with Crippen molar-refractivity contribution in [2.45, 2.75) is 38.5 Å². The third kappa shape index (κ3) is 1.82. The van der Waals surface area contributed by atoms with E-state index in [-0.39, 0.29) is 10.8 Å². The number of pyridine rings is 1. The zero-order valence-corrected chi connectivity index (χ0v) is 15.4. The van der Waals surface area contributed by atoms with E-state index < -0.39 is 0 Å². The lowest BCUT2D eigenvalue weighted by Crippen LogP contribution is -2.40. The highest BCUT2D eigenvalue weighted by atomic mass is 15.2. The molecule has 0 unspecified atom stereocenters. The number of aromatic nitrogens is 1. The summed E-state index contributed by atoms with van der Waals surface area (Å²) in [6.45, 7) is 17.3. The summed E-state index contributed by atoms with van der Waals surface area (Å²) in [6, 6.07) is 10.9. The van der Waals surface area contributed by atoms with Crippen LogP contribution in [0.4, 0.5) is 11.5 Å². The Morgan fingerprint density at radius 2 is 1.52 bits per heavy atom. The second-order valence-electron chi connectivity index (χ2n) is 7.87. The fourth-order valence-corrected chi connectivity index (χ4v) is 4.49. The quantitative estimate of drug-likeness (QED) is 0.695. The molecule has 0 aliphatic carbocycles. The second-order valence-corrected chi connectivity index (χ2v) is 7.87. The zero-order chi connectivity index (χ0) is 18.0. The Kier molecular flexibility index (Phi) is 3.15. The number of anilines is 2. The lowest BCUT2D eigenvalue weighted by molar-refractivity contribution is 0.586. The van der Waals surface area contributed by atoms with Crippen LogP contribution in [-0.2, 0) is 10.8 Å². The number of nitrogens with zero attached hydrogens (tertiary/aromatic N) is 2. The number of benzene rings is 1. The van der Waals surface area contributed by atoms with Gasteiger partial charge in [0.2, 0.25) is 0 Å². The first-order valence-electron chi connectivity index (χ1n) is 8.75. The maximum Gasteiger partial charge on any atom is 0.141 e. The Balaban J connectivity index is 2.20. The summed E-state index contributed by atoms with van der Waals surface area (Å²) >= 11 is 0. The summed E-state index contributed by atoms with van der Waals surface area (Å²) in [7, 11) is 0. The SMILES string of the molecule is C=CC1=C(C=C)C(C)(C)c2cccc3c2N1c1ncccc1C3(C)C. The number of rotatable bonds is 2. The first-order valence-corrected chi connectivity index (χ1v) is 8.75. The average Bonchev–Trinajstić information content (AvgIpc) is 2.60. The molecule has 0 atom stereocenters. The van der Waals surface area contributed by atoms with Crippen LogP contribution >= 0.6 is 0 Å². The van der Waals surface area contributed by atoms with Crippen LogP contribution in [0.2, 0.25) is 0 Å². The van der Waals surface area contributed by atoms with E-state index in [1.165, 1.54) is 28.0 Å². The number of allylic oxidation sites excluding steroid dienone is 3. The molecular formula is C23H24N2. The molecular weight excluding hydrogens is 304 g/mol. The molecule has 4 rings (SSSR count). The van der Waals surface area contributed by atoms with Crippen LogP contribution in [0.15, 0.2) is 73.1 Å². The minimum absolute atomic E-state index is 0.0977. The third-order valence-corrected chi connectivity index (χ3v) is 5.87. The van der Waals surface area contributed by atoms with E-state index in [0.717, 1.165) is 11.5 Å². The van der Waals surface area contributed by atoms with Crippen molar-refractivity contribution in [3.05, 3.63) is 89.8 Å². The Morgan fingerprint density at radius 3 is 2.16 bits per heavy atom. The van der Waals surface area contributed by atoms with Gasteiger partial charge in [-0.2, -0.15) is 0 Å². The number of fused-ring (bicyclic) bond motifs is 2. The normalized spacial score (nSPS) is 19.1. The van der Waals surface area contributed by atoms with Gasteiger partial charge in [0, 0.05) is 22.6 Å². The Morgan fingerprint density at radius 1 is 0.880 bits per heavy atom. The van der Waals surface area contributed by atoms with E-state index in [9.17, 15) is 0 Å². The first-order chi connectivity index (χ1) is 11.9. The van der Waals surface area contributed by atoms with Crippen molar-refractivity contribution in [1.82, 2.24) is 4.98 Å². The van der Waals surface area contributed by atoms with E-state index in [0.29, 0.717) is 0 Å². The van der Waals surface area contributed by atoms with Crippen LogP contribution in [-0.4, -0.2) is 4.98 Å². The molecule has 25 heavy (non-hydrogen) atoms. The first kappa shape index (κ1) is 15.9. The Hall–Kier alpha value is -2.61. The van der Waals surface area contributed by atoms with Gasteiger partial charge in [-0.25, -0.2) is 4.98 Å². The molecule has 1 aromatic heterocycles. The van der Waals surface area contributed by atoms with Crippen molar-refractivity contribution in [2.75, 3.05) is 4.90 Å². The van der Waals surface area contributed by atoms with Crippen LogP contribution in [0, 0.1) is 0 Å². The van der Waals surface area contributed by atoms with E-state index >= 15 is 0 Å². The molecule has 126 valence electrons. The van der Waals surface area contributed by atoms with Gasteiger partial charge < -0.3 is 0 Å². The molecule has 0 bridgehead atoms. The lowest BCUT2D eigenvalue weighted by Gasteiger charge is -2.48. The minimum atomic E-state index is -0.129. The van der Waals surface area contributed by atoms with Crippen molar-refractivity contribution in [3.8, 4) is 0 Å². The molecule has 0 saturated carbocycles. The molecule has 3 heterocycles. The fourth-order valence-electron chi connectivity index (χ4n) is 4.49. The van der Waals surface area contributed by atoms with Gasteiger partial charge in [-0.1, -0.05) is 71.2 Å². The highest BCUT2D eigenvalue weighted by molar-refractivity contribution is 5.86. The molecule has 0 fully saturated rings. The average molecular weight is 328 g/mol. The Bertz CT molecular complexity index is 944. The van der Waals surface area contributed by atoms with Crippen LogP contribution < -0.4 is 4.90 Å². The maximum absolute atomic E-state index is 4.77. The Labute approximate surface area is 150 Å². The van der Waals surface area contributed by atoms with Crippen molar-refractivity contribution >= 4 is 11.5 Å². The van der Waals surface area contributed by atoms with Crippen molar-refractivity contribution < 1.29 is 0 Å². The monoisotopic (exact) mass is 328 g/mol. The second kappa shape index (κ2) is 4.95. The van der Waals surface area contributed by atoms with Gasteiger partial charge in [-0.05, 0) is 28.8 Å². The minimum Gasteiger partial charge on any atom is -0.294 e. The topological polar surface area (TPSA) is 16.1 Å². The molecule has 1 aromatic carbocycles. The predicted molar refractivity (Wildman–Crippen MR) is 105 cm³/mol. The summed E-state index contributed by atoms with van der Waals surface area (Å²) in [6.07, 6.45) is 5.78. The van der Waals surface area contributed by atoms with E-state index in [1.807, 2.05) is 24.4 Å². The van der Waals surface area contributed by atoms with Crippen LogP contribution in [0.1, 0.15) is 44.4 Å². The number of hydrogen-bond donors (Lipinski definition) is 0. The van der Waals surface area contributed by atoms with Crippen molar-refractivity contribution in [3.63, 3.8) is 0 Å². The van der Waals surface area contributed by atoms with Crippen LogP contribution in [0.25, 0.3) is 0 Å². The van der Waals surface area contributed by atoms with Gasteiger partial charge in [-0.15, -0.1) is 0 Å².